The lowest BCUT2D eigenvalue weighted by Gasteiger charge is -2.26. The Morgan fingerprint density at radius 1 is 1.18 bits per heavy atom. The monoisotopic (exact) mass is 155 g/mol. The minimum atomic E-state index is 0.931. The quantitative estimate of drug-likeness (QED) is 0.603. The summed E-state index contributed by atoms with van der Waals surface area (Å²) in [5, 5.41) is 0. The van der Waals surface area contributed by atoms with Crippen LogP contribution in [0.2, 0.25) is 0 Å². The fourth-order valence-electron chi connectivity index (χ4n) is 2.16. The summed E-state index contributed by atoms with van der Waals surface area (Å²) in [4.78, 5) is 2.65. The van der Waals surface area contributed by atoms with Crippen LogP contribution in [0.15, 0.2) is 0 Å². The van der Waals surface area contributed by atoms with Gasteiger partial charge in [0.2, 0.25) is 0 Å². The van der Waals surface area contributed by atoms with E-state index in [1.807, 2.05) is 0 Å². The first-order valence-corrected chi connectivity index (χ1v) is 5.12. The Morgan fingerprint density at radius 2 is 1.82 bits per heavy atom. The van der Waals surface area contributed by atoms with E-state index in [1.54, 1.807) is 0 Å². The molecule has 0 spiro atoms. The summed E-state index contributed by atoms with van der Waals surface area (Å²) in [7, 11) is 0. The van der Waals surface area contributed by atoms with Crippen LogP contribution >= 0.6 is 0 Å². The molecule has 0 aromatic rings. The molecule has 1 heteroatoms. The molecule has 0 unspecified atom stereocenters. The molecule has 0 aromatic carbocycles. The van der Waals surface area contributed by atoms with Gasteiger partial charge in [0, 0.05) is 6.04 Å². The molecule has 0 atom stereocenters. The SMILES string of the molecule is CCCN(CC)C1CCCC1. The smallest absolute Gasteiger partial charge is 0.00951 e. The molecule has 0 aliphatic heterocycles. The van der Waals surface area contributed by atoms with Gasteiger partial charge < -0.3 is 4.90 Å². The summed E-state index contributed by atoms with van der Waals surface area (Å²) in [5.41, 5.74) is 0. The van der Waals surface area contributed by atoms with Gasteiger partial charge in [-0.05, 0) is 32.4 Å². The van der Waals surface area contributed by atoms with E-state index in [9.17, 15) is 0 Å². The molecule has 0 N–H and O–H groups in total. The van der Waals surface area contributed by atoms with Crippen molar-refractivity contribution < 1.29 is 0 Å². The first-order valence-electron chi connectivity index (χ1n) is 5.12. The zero-order valence-corrected chi connectivity index (χ0v) is 7.97. The average molecular weight is 155 g/mol. The van der Waals surface area contributed by atoms with Crippen LogP contribution in [0.4, 0.5) is 0 Å². The maximum atomic E-state index is 2.65. The minimum Gasteiger partial charge on any atom is -0.301 e. The van der Waals surface area contributed by atoms with E-state index in [1.165, 1.54) is 45.2 Å². The third kappa shape index (κ3) is 2.48. The number of hydrogen-bond acceptors (Lipinski definition) is 1. The Labute approximate surface area is 70.8 Å². The van der Waals surface area contributed by atoms with E-state index in [4.69, 9.17) is 0 Å². The van der Waals surface area contributed by atoms with Crippen molar-refractivity contribution >= 4 is 0 Å². The van der Waals surface area contributed by atoms with Crippen molar-refractivity contribution in [2.75, 3.05) is 13.1 Å². The van der Waals surface area contributed by atoms with Crippen LogP contribution in [0.1, 0.15) is 46.0 Å². The van der Waals surface area contributed by atoms with Gasteiger partial charge in [-0.2, -0.15) is 0 Å². The number of nitrogens with zero attached hydrogens (tertiary/aromatic N) is 1. The van der Waals surface area contributed by atoms with Crippen LogP contribution < -0.4 is 0 Å². The second kappa shape index (κ2) is 4.76. The zero-order chi connectivity index (χ0) is 8.10. The van der Waals surface area contributed by atoms with Gasteiger partial charge in [-0.1, -0.05) is 26.7 Å². The molecule has 66 valence electrons. The highest BCUT2D eigenvalue weighted by molar-refractivity contribution is 4.76. The van der Waals surface area contributed by atoms with E-state index < -0.39 is 0 Å². The van der Waals surface area contributed by atoms with Gasteiger partial charge in [0.1, 0.15) is 0 Å². The van der Waals surface area contributed by atoms with Crippen LogP contribution in [-0.4, -0.2) is 24.0 Å². The Balaban J connectivity index is 2.27. The highest BCUT2D eigenvalue weighted by Crippen LogP contribution is 2.23. The summed E-state index contributed by atoms with van der Waals surface area (Å²) in [5.74, 6) is 0. The molecule has 0 radical (unpaired) electrons. The van der Waals surface area contributed by atoms with Gasteiger partial charge in [0.25, 0.3) is 0 Å². The van der Waals surface area contributed by atoms with E-state index >= 15 is 0 Å². The summed E-state index contributed by atoms with van der Waals surface area (Å²) >= 11 is 0. The van der Waals surface area contributed by atoms with E-state index in [2.05, 4.69) is 18.7 Å². The molecule has 1 aliphatic carbocycles. The van der Waals surface area contributed by atoms with Gasteiger partial charge in [-0.25, -0.2) is 0 Å². The average Bonchev–Trinajstić information content (AvgIpc) is 2.52. The van der Waals surface area contributed by atoms with Crippen LogP contribution in [0, 0.1) is 0 Å². The van der Waals surface area contributed by atoms with Crippen molar-refractivity contribution in [1.29, 1.82) is 0 Å². The predicted octanol–water partition coefficient (Wildman–Crippen LogP) is 2.66. The second-order valence-electron chi connectivity index (χ2n) is 3.57. The van der Waals surface area contributed by atoms with E-state index in [0.29, 0.717) is 0 Å². The highest BCUT2D eigenvalue weighted by atomic mass is 15.1. The van der Waals surface area contributed by atoms with Crippen molar-refractivity contribution in [2.24, 2.45) is 0 Å². The molecule has 0 amide bonds. The van der Waals surface area contributed by atoms with Crippen LogP contribution in [-0.2, 0) is 0 Å². The summed E-state index contributed by atoms with van der Waals surface area (Å²) in [6.07, 6.45) is 7.14. The highest BCUT2D eigenvalue weighted by Gasteiger charge is 2.19. The van der Waals surface area contributed by atoms with Crippen molar-refractivity contribution in [1.82, 2.24) is 4.90 Å². The molecule has 11 heavy (non-hydrogen) atoms. The van der Waals surface area contributed by atoms with Crippen molar-refractivity contribution in [3.05, 3.63) is 0 Å². The van der Waals surface area contributed by atoms with Crippen LogP contribution in [0.25, 0.3) is 0 Å². The van der Waals surface area contributed by atoms with Crippen molar-refractivity contribution in [2.45, 2.75) is 52.0 Å². The summed E-state index contributed by atoms with van der Waals surface area (Å²) < 4.78 is 0. The van der Waals surface area contributed by atoms with Gasteiger partial charge in [0.15, 0.2) is 0 Å². The minimum absolute atomic E-state index is 0.931. The molecule has 1 aliphatic rings. The molecule has 1 saturated carbocycles. The molecular weight excluding hydrogens is 134 g/mol. The van der Waals surface area contributed by atoms with Gasteiger partial charge >= 0.3 is 0 Å². The fraction of sp³-hybridized carbons (Fsp3) is 1.00. The Hall–Kier alpha value is -0.0400. The molecule has 1 nitrogen and oxygen atoms in total. The zero-order valence-electron chi connectivity index (χ0n) is 7.97. The maximum Gasteiger partial charge on any atom is 0.00951 e. The Morgan fingerprint density at radius 3 is 2.27 bits per heavy atom. The Bertz CT molecular complexity index is 95.0. The largest absolute Gasteiger partial charge is 0.301 e. The number of hydrogen-bond donors (Lipinski definition) is 0. The number of rotatable bonds is 4. The van der Waals surface area contributed by atoms with E-state index in [0.717, 1.165) is 6.04 Å². The second-order valence-corrected chi connectivity index (χ2v) is 3.57. The van der Waals surface area contributed by atoms with E-state index in [-0.39, 0.29) is 0 Å². The van der Waals surface area contributed by atoms with Crippen molar-refractivity contribution in [3.8, 4) is 0 Å². The summed E-state index contributed by atoms with van der Waals surface area (Å²) in [6.45, 7) is 7.12. The standard InChI is InChI=1S/C10H21N/c1-3-9-11(4-2)10-7-5-6-8-10/h10H,3-9H2,1-2H3. The van der Waals surface area contributed by atoms with Gasteiger partial charge in [0.05, 0.1) is 0 Å². The first-order chi connectivity index (χ1) is 5.38. The molecular formula is C10H21N. The lowest BCUT2D eigenvalue weighted by molar-refractivity contribution is 0.209. The van der Waals surface area contributed by atoms with Crippen LogP contribution in [0.5, 0.6) is 0 Å². The topological polar surface area (TPSA) is 3.24 Å². The van der Waals surface area contributed by atoms with Gasteiger partial charge in [-0.15, -0.1) is 0 Å². The molecule has 0 bridgehead atoms. The van der Waals surface area contributed by atoms with Gasteiger partial charge in [-0.3, -0.25) is 0 Å². The normalized spacial score (nSPS) is 19.9. The first kappa shape index (κ1) is 9.05. The molecule has 0 heterocycles. The van der Waals surface area contributed by atoms with Crippen LogP contribution in [0.3, 0.4) is 0 Å². The maximum absolute atomic E-state index is 2.65. The third-order valence-electron chi connectivity index (χ3n) is 2.76. The summed E-state index contributed by atoms with van der Waals surface area (Å²) in [6, 6.07) is 0.931. The Kier molecular flexibility index (Phi) is 3.92. The molecule has 1 rings (SSSR count). The predicted molar refractivity (Wildman–Crippen MR) is 49.8 cm³/mol. The van der Waals surface area contributed by atoms with Crippen molar-refractivity contribution in [3.63, 3.8) is 0 Å². The molecule has 0 aromatic heterocycles. The fourth-order valence-corrected chi connectivity index (χ4v) is 2.16. The lowest BCUT2D eigenvalue weighted by atomic mass is 10.2. The molecule has 1 fully saturated rings. The lowest BCUT2D eigenvalue weighted by Crippen LogP contribution is -2.33. The third-order valence-corrected chi connectivity index (χ3v) is 2.76. The molecule has 0 saturated heterocycles.